The third kappa shape index (κ3) is 4.14. The van der Waals surface area contributed by atoms with Crippen LogP contribution in [0.3, 0.4) is 0 Å². The molecular formula is C25H20O2. The summed E-state index contributed by atoms with van der Waals surface area (Å²) in [6.07, 6.45) is 9.11. The zero-order chi connectivity index (χ0) is 19.2. The van der Waals surface area contributed by atoms with Gasteiger partial charge >= 0.3 is 5.97 Å². The number of carbonyl (C=O) groups excluding carboxylic acids is 1. The molecule has 2 heteroatoms. The Bertz CT molecular complexity index is 1040. The summed E-state index contributed by atoms with van der Waals surface area (Å²) in [5.74, 6) is -0.387. The summed E-state index contributed by atoms with van der Waals surface area (Å²) in [6, 6.07) is 15.9. The van der Waals surface area contributed by atoms with Crippen LogP contribution in [0.1, 0.15) is 22.3 Å². The molecule has 0 amide bonds. The number of benzene rings is 2. The number of allylic oxidation sites excluding steroid dienone is 3. The quantitative estimate of drug-likeness (QED) is 0.509. The highest BCUT2D eigenvalue weighted by Crippen LogP contribution is 2.27. The van der Waals surface area contributed by atoms with Crippen molar-refractivity contribution in [1.82, 2.24) is 0 Å². The van der Waals surface area contributed by atoms with Crippen LogP contribution in [-0.2, 0) is 9.53 Å². The van der Waals surface area contributed by atoms with E-state index in [9.17, 15) is 4.79 Å². The monoisotopic (exact) mass is 352 g/mol. The molecule has 2 aromatic rings. The zero-order valence-electron chi connectivity index (χ0n) is 15.2. The molecule has 2 aromatic carbocycles. The summed E-state index contributed by atoms with van der Waals surface area (Å²) in [4.78, 5) is 12.3. The van der Waals surface area contributed by atoms with E-state index in [0.717, 1.165) is 33.4 Å². The van der Waals surface area contributed by atoms with Gasteiger partial charge in [-0.1, -0.05) is 61.7 Å². The second-order valence-electron chi connectivity index (χ2n) is 6.05. The molecule has 1 aliphatic carbocycles. The third-order valence-electron chi connectivity index (χ3n) is 4.30. The van der Waals surface area contributed by atoms with Crippen LogP contribution >= 0.6 is 0 Å². The van der Waals surface area contributed by atoms with Crippen molar-refractivity contribution in [3.05, 3.63) is 113 Å². The van der Waals surface area contributed by atoms with Crippen LogP contribution in [0.15, 0.2) is 91.2 Å². The fourth-order valence-electron chi connectivity index (χ4n) is 2.85. The summed E-state index contributed by atoms with van der Waals surface area (Å²) >= 11 is 0. The molecule has 0 fully saturated rings. The Balaban J connectivity index is 2.15. The fourth-order valence-corrected chi connectivity index (χ4v) is 2.85. The first-order valence-corrected chi connectivity index (χ1v) is 8.59. The summed E-state index contributed by atoms with van der Waals surface area (Å²) < 4.78 is 4.96. The Morgan fingerprint density at radius 2 is 1.59 bits per heavy atom. The first kappa shape index (κ1) is 18.2. The van der Waals surface area contributed by atoms with Gasteiger partial charge in [0.1, 0.15) is 0 Å². The van der Waals surface area contributed by atoms with Gasteiger partial charge in [-0.15, -0.1) is 5.73 Å². The summed E-state index contributed by atoms with van der Waals surface area (Å²) in [5, 5.41) is 0. The largest absolute Gasteiger partial charge is 0.465 e. The lowest BCUT2D eigenvalue weighted by Crippen LogP contribution is -2.03. The average Bonchev–Trinajstić information content (AvgIpc) is 2.96. The van der Waals surface area contributed by atoms with Crippen LogP contribution in [-0.4, -0.2) is 13.1 Å². The lowest BCUT2D eigenvalue weighted by Gasteiger charge is -2.05. The number of hydrogen-bond donors (Lipinski definition) is 0. The van der Waals surface area contributed by atoms with Gasteiger partial charge in [-0.05, 0) is 58.2 Å². The predicted octanol–water partition coefficient (Wildman–Crippen LogP) is 5.71. The lowest BCUT2D eigenvalue weighted by atomic mass is 10.0. The van der Waals surface area contributed by atoms with Crippen molar-refractivity contribution < 1.29 is 9.53 Å². The molecule has 0 spiro atoms. The molecule has 0 saturated heterocycles. The molecule has 0 atom stereocenters. The molecule has 0 aliphatic heterocycles. The molecule has 27 heavy (non-hydrogen) atoms. The van der Waals surface area contributed by atoms with Gasteiger partial charge in [0, 0.05) is 5.57 Å². The minimum Gasteiger partial charge on any atom is -0.465 e. The number of ether oxygens (including phenoxy) is 1. The first-order valence-electron chi connectivity index (χ1n) is 8.59. The Labute approximate surface area is 159 Å². The van der Waals surface area contributed by atoms with E-state index in [2.05, 4.69) is 18.9 Å². The predicted molar refractivity (Wildman–Crippen MR) is 113 cm³/mol. The van der Waals surface area contributed by atoms with Crippen molar-refractivity contribution in [2.75, 3.05) is 7.11 Å². The Hall–Kier alpha value is -3.61. The summed E-state index contributed by atoms with van der Waals surface area (Å²) in [6.45, 7) is 7.63. The Morgan fingerprint density at radius 3 is 2.22 bits per heavy atom. The highest BCUT2D eigenvalue weighted by atomic mass is 16.5. The van der Waals surface area contributed by atoms with Crippen LogP contribution < -0.4 is 0 Å². The van der Waals surface area contributed by atoms with Gasteiger partial charge in [0.15, 0.2) is 0 Å². The van der Waals surface area contributed by atoms with Crippen LogP contribution in [0.5, 0.6) is 0 Å². The lowest BCUT2D eigenvalue weighted by molar-refractivity contribution is -0.135. The molecule has 0 unspecified atom stereocenters. The molecule has 0 aromatic heterocycles. The van der Waals surface area contributed by atoms with E-state index in [1.165, 1.54) is 7.11 Å². The number of esters is 1. The van der Waals surface area contributed by atoms with Crippen LogP contribution in [0, 0.1) is 0 Å². The van der Waals surface area contributed by atoms with Crippen molar-refractivity contribution in [1.29, 1.82) is 0 Å². The van der Waals surface area contributed by atoms with Crippen LogP contribution in [0.4, 0.5) is 0 Å². The number of methoxy groups -OCH3 is 1. The molecule has 2 nitrogen and oxygen atoms in total. The van der Waals surface area contributed by atoms with Crippen molar-refractivity contribution in [2.24, 2.45) is 0 Å². The molecule has 0 saturated carbocycles. The van der Waals surface area contributed by atoms with E-state index in [1.807, 2.05) is 60.7 Å². The fraction of sp³-hybridized carbons (Fsp3) is 0.0400. The van der Waals surface area contributed by atoms with Gasteiger partial charge in [0.2, 0.25) is 0 Å². The average molecular weight is 352 g/mol. The second-order valence-corrected chi connectivity index (χ2v) is 6.05. The molecule has 0 heterocycles. The summed E-state index contributed by atoms with van der Waals surface area (Å²) in [7, 11) is 1.38. The van der Waals surface area contributed by atoms with Crippen LogP contribution in [0.25, 0.3) is 23.3 Å². The van der Waals surface area contributed by atoms with Crippen molar-refractivity contribution >= 4 is 29.3 Å². The minimum absolute atomic E-state index is 0.387. The third-order valence-corrected chi connectivity index (χ3v) is 4.30. The van der Waals surface area contributed by atoms with Crippen molar-refractivity contribution in [3.8, 4) is 0 Å². The first-order chi connectivity index (χ1) is 13.1. The number of hydrogen-bond acceptors (Lipinski definition) is 2. The highest BCUT2D eigenvalue weighted by Gasteiger charge is 2.13. The van der Waals surface area contributed by atoms with E-state index in [4.69, 9.17) is 4.74 Å². The minimum atomic E-state index is -0.387. The number of carbonyl (C=O) groups is 1. The molecular weight excluding hydrogens is 332 g/mol. The molecule has 1 aliphatic rings. The van der Waals surface area contributed by atoms with E-state index in [0.29, 0.717) is 5.57 Å². The van der Waals surface area contributed by atoms with E-state index >= 15 is 0 Å². The zero-order valence-corrected chi connectivity index (χ0v) is 15.2. The molecule has 0 N–H and O–H groups in total. The topological polar surface area (TPSA) is 26.3 Å². The van der Waals surface area contributed by atoms with Crippen molar-refractivity contribution in [3.63, 3.8) is 0 Å². The maximum atomic E-state index is 12.3. The second kappa shape index (κ2) is 8.18. The van der Waals surface area contributed by atoms with Gasteiger partial charge in [-0.3, -0.25) is 0 Å². The van der Waals surface area contributed by atoms with Gasteiger partial charge in [-0.25, -0.2) is 4.79 Å². The van der Waals surface area contributed by atoms with E-state index in [1.54, 1.807) is 18.2 Å². The number of rotatable bonds is 5. The van der Waals surface area contributed by atoms with Crippen LogP contribution in [0.2, 0.25) is 0 Å². The smallest absolute Gasteiger partial charge is 0.337 e. The Kier molecular flexibility index (Phi) is 5.51. The van der Waals surface area contributed by atoms with Crippen molar-refractivity contribution in [2.45, 2.75) is 0 Å². The van der Waals surface area contributed by atoms with E-state index in [-0.39, 0.29) is 5.97 Å². The molecule has 132 valence electrons. The Morgan fingerprint density at radius 1 is 0.963 bits per heavy atom. The SMILES string of the molecule is C=Cc1cccc(C2=C=CC(c3cccc(C=C)c3)=CC(C(=O)OC)=C2)c1. The van der Waals surface area contributed by atoms with Gasteiger partial charge in [0.05, 0.1) is 12.7 Å². The molecule has 0 bridgehead atoms. The van der Waals surface area contributed by atoms with Gasteiger partial charge < -0.3 is 4.74 Å². The maximum Gasteiger partial charge on any atom is 0.337 e. The standard InChI is InChI=1S/C25H20O2/c1-4-18-8-6-10-20(14-18)22-12-13-23(17-24(16-22)25(26)27-3)21-11-7-9-19(5-2)15-21/h4-12,14-17H,1-2H2,3H3. The summed E-state index contributed by atoms with van der Waals surface area (Å²) in [5.41, 5.74) is 9.44. The maximum absolute atomic E-state index is 12.3. The molecule has 0 radical (unpaired) electrons. The van der Waals surface area contributed by atoms with Gasteiger partial charge in [-0.2, -0.15) is 0 Å². The van der Waals surface area contributed by atoms with E-state index < -0.39 is 0 Å². The normalized spacial score (nSPS) is 13.0. The highest BCUT2D eigenvalue weighted by molar-refractivity contribution is 5.99. The molecule has 3 rings (SSSR count). The van der Waals surface area contributed by atoms with Gasteiger partial charge in [0.25, 0.3) is 0 Å².